The van der Waals surface area contributed by atoms with E-state index < -0.39 is 0 Å². The molecule has 0 saturated heterocycles. The number of hydrogen-bond acceptors (Lipinski definition) is 4. The van der Waals surface area contributed by atoms with E-state index in [1.54, 1.807) is 12.1 Å². The first-order chi connectivity index (χ1) is 12.8. The van der Waals surface area contributed by atoms with Crippen molar-refractivity contribution >= 4 is 25.3 Å². The second-order valence-corrected chi connectivity index (χ2v) is 10.7. The Bertz CT molecular complexity index is 789. The van der Waals surface area contributed by atoms with Crippen LogP contribution < -0.4 is 0 Å². The van der Waals surface area contributed by atoms with Crippen LogP contribution >= 0.6 is 25.3 Å². The fraction of sp³-hybridized carbons (Fsp3) is 0.500. The van der Waals surface area contributed by atoms with Gasteiger partial charge < -0.3 is 10.2 Å². The van der Waals surface area contributed by atoms with Gasteiger partial charge in [0.25, 0.3) is 0 Å². The molecule has 0 heterocycles. The molecule has 4 heteroatoms. The number of phenols is 2. The molecule has 2 aromatic carbocycles. The minimum absolute atomic E-state index is 0.0911. The molecule has 2 nitrogen and oxygen atoms in total. The largest absolute Gasteiger partial charge is 0.508 e. The van der Waals surface area contributed by atoms with E-state index >= 15 is 0 Å². The van der Waals surface area contributed by atoms with Crippen LogP contribution in [0.2, 0.25) is 0 Å². The monoisotopic (exact) mass is 418 g/mol. The highest BCUT2D eigenvalue weighted by Gasteiger charge is 2.27. The summed E-state index contributed by atoms with van der Waals surface area (Å²) in [5, 5.41) is 21.0. The van der Waals surface area contributed by atoms with E-state index in [2.05, 4.69) is 60.6 Å². The molecule has 2 rings (SSSR count). The van der Waals surface area contributed by atoms with Crippen LogP contribution in [0.1, 0.15) is 89.5 Å². The SMILES string of the molecule is CCCC(c1cc(C(C)(C)C)c(O)cc1S)c1cc(C(C)(C)C)c(O)cc1S. The molecule has 2 aromatic rings. The van der Waals surface area contributed by atoms with E-state index in [-0.39, 0.29) is 28.2 Å². The highest BCUT2D eigenvalue weighted by Crippen LogP contribution is 2.44. The summed E-state index contributed by atoms with van der Waals surface area (Å²) in [6.07, 6.45) is 1.94. The van der Waals surface area contributed by atoms with Gasteiger partial charge in [-0.1, -0.05) is 54.9 Å². The quantitative estimate of drug-likeness (QED) is 0.396. The molecule has 28 heavy (non-hydrogen) atoms. The van der Waals surface area contributed by atoms with Crippen LogP contribution in [0.25, 0.3) is 0 Å². The van der Waals surface area contributed by atoms with E-state index in [0.29, 0.717) is 0 Å². The van der Waals surface area contributed by atoms with E-state index in [0.717, 1.165) is 44.9 Å². The number of rotatable bonds is 4. The van der Waals surface area contributed by atoms with Crippen LogP contribution in [0.3, 0.4) is 0 Å². The van der Waals surface area contributed by atoms with Crippen molar-refractivity contribution in [3.05, 3.63) is 46.5 Å². The second-order valence-electron chi connectivity index (χ2n) is 9.70. The fourth-order valence-electron chi connectivity index (χ4n) is 3.71. The minimum atomic E-state index is -0.174. The molecule has 0 saturated carbocycles. The van der Waals surface area contributed by atoms with Crippen molar-refractivity contribution in [2.24, 2.45) is 0 Å². The van der Waals surface area contributed by atoms with Gasteiger partial charge in [-0.2, -0.15) is 0 Å². The minimum Gasteiger partial charge on any atom is -0.508 e. The number of aromatic hydroxyl groups is 2. The molecule has 0 bridgehead atoms. The standard InChI is InChI=1S/C24H34O2S2/c1-8-9-14(15-10-17(23(2,3)4)19(25)12-21(15)27)16-11-18(24(5,6)7)20(26)13-22(16)28/h10-14,25-28H,8-9H2,1-7H3. The zero-order valence-corrected chi connectivity index (χ0v) is 19.9. The first kappa shape index (κ1) is 23.0. The Labute approximate surface area is 181 Å². The molecule has 0 atom stereocenters. The maximum atomic E-state index is 10.5. The van der Waals surface area contributed by atoms with Crippen LogP contribution in [0.15, 0.2) is 34.1 Å². The summed E-state index contributed by atoms with van der Waals surface area (Å²) in [4.78, 5) is 1.56. The molecule has 0 fully saturated rings. The van der Waals surface area contributed by atoms with Gasteiger partial charge in [0.1, 0.15) is 11.5 Å². The van der Waals surface area contributed by atoms with Crippen molar-refractivity contribution in [3.63, 3.8) is 0 Å². The third kappa shape index (κ3) is 4.83. The Kier molecular flexibility index (Phi) is 6.77. The van der Waals surface area contributed by atoms with Gasteiger partial charge in [0.15, 0.2) is 0 Å². The van der Waals surface area contributed by atoms with Gasteiger partial charge in [-0.05, 0) is 63.8 Å². The topological polar surface area (TPSA) is 40.5 Å². The van der Waals surface area contributed by atoms with Gasteiger partial charge in [-0.25, -0.2) is 0 Å². The van der Waals surface area contributed by atoms with Crippen molar-refractivity contribution in [2.75, 3.05) is 0 Å². The van der Waals surface area contributed by atoms with Crippen molar-refractivity contribution < 1.29 is 10.2 Å². The fourth-order valence-corrected chi connectivity index (χ4v) is 4.40. The predicted octanol–water partition coefficient (Wildman–Crippen LogP) is 7.20. The molecule has 0 spiro atoms. The Morgan fingerprint density at radius 2 is 1.11 bits per heavy atom. The van der Waals surface area contributed by atoms with Gasteiger partial charge in [-0.15, -0.1) is 25.3 Å². The number of thiol groups is 2. The van der Waals surface area contributed by atoms with Crippen LogP contribution in [-0.2, 0) is 10.8 Å². The van der Waals surface area contributed by atoms with E-state index in [1.807, 2.05) is 0 Å². The van der Waals surface area contributed by atoms with Gasteiger partial charge in [0.2, 0.25) is 0 Å². The highest BCUT2D eigenvalue weighted by atomic mass is 32.1. The lowest BCUT2D eigenvalue weighted by atomic mass is 9.79. The van der Waals surface area contributed by atoms with Gasteiger partial charge in [0.05, 0.1) is 0 Å². The molecule has 2 N–H and O–H groups in total. The molecule has 0 amide bonds. The summed E-state index contributed by atoms with van der Waals surface area (Å²) in [7, 11) is 0. The maximum Gasteiger partial charge on any atom is 0.120 e. The van der Waals surface area contributed by atoms with E-state index in [1.165, 1.54) is 0 Å². The molecular weight excluding hydrogens is 384 g/mol. The van der Waals surface area contributed by atoms with Crippen molar-refractivity contribution in [1.82, 2.24) is 0 Å². The highest BCUT2D eigenvalue weighted by molar-refractivity contribution is 7.80. The van der Waals surface area contributed by atoms with Gasteiger partial charge in [0, 0.05) is 15.7 Å². The van der Waals surface area contributed by atoms with E-state index in [9.17, 15) is 10.2 Å². The second kappa shape index (κ2) is 8.23. The Balaban J connectivity index is 2.75. The third-order valence-electron chi connectivity index (χ3n) is 5.23. The molecule has 0 unspecified atom stereocenters. The van der Waals surface area contributed by atoms with Crippen LogP contribution in [0, 0.1) is 0 Å². The first-order valence-electron chi connectivity index (χ1n) is 9.90. The third-order valence-corrected chi connectivity index (χ3v) is 6.01. The van der Waals surface area contributed by atoms with Crippen LogP contribution in [0.5, 0.6) is 11.5 Å². The lowest BCUT2D eigenvalue weighted by Crippen LogP contribution is -2.15. The summed E-state index contributed by atoms with van der Waals surface area (Å²) in [5.74, 6) is 0.653. The summed E-state index contributed by atoms with van der Waals surface area (Å²) in [6, 6.07) is 7.69. The summed E-state index contributed by atoms with van der Waals surface area (Å²) in [6.45, 7) is 14.8. The van der Waals surface area contributed by atoms with Gasteiger partial charge >= 0.3 is 0 Å². The molecule has 0 aliphatic carbocycles. The molecule has 154 valence electrons. The molecule has 0 aliphatic rings. The molecule has 0 aromatic heterocycles. The molecule has 0 radical (unpaired) electrons. The molecule has 0 aliphatic heterocycles. The van der Waals surface area contributed by atoms with E-state index in [4.69, 9.17) is 25.3 Å². The lowest BCUT2D eigenvalue weighted by molar-refractivity contribution is 0.443. The number of phenolic OH excluding ortho intramolecular Hbond substituents is 2. The normalized spacial score (nSPS) is 12.6. The smallest absolute Gasteiger partial charge is 0.120 e. The summed E-state index contributed by atoms with van der Waals surface area (Å²) >= 11 is 9.39. The Hall–Kier alpha value is -1.26. The zero-order chi connectivity index (χ0) is 21.4. The van der Waals surface area contributed by atoms with Crippen molar-refractivity contribution in [3.8, 4) is 11.5 Å². The van der Waals surface area contributed by atoms with Crippen molar-refractivity contribution in [2.45, 2.75) is 87.8 Å². The van der Waals surface area contributed by atoms with Crippen LogP contribution in [0.4, 0.5) is 0 Å². The summed E-state index contributed by atoms with van der Waals surface area (Å²) < 4.78 is 0. The van der Waals surface area contributed by atoms with Crippen molar-refractivity contribution in [1.29, 1.82) is 0 Å². The first-order valence-corrected chi connectivity index (χ1v) is 10.8. The average molecular weight is 419 g/mol. The molecular formula is C24H34O2S2. The Morgan fingerprint density at radius 3 is 1.39 bits per heavy atom. The predicted molar refractivity (Wildman–Crippen MR) is 125 cm³/mol. The number of hydrogen-bond donors (Lipinski definition) is 4. The van der Waals surface area contributed by atoms with Crippen LogP contribution in [-0.4, -0.2) is 10.2 Å². The Morgan fingerprint density at radius 1 is 0.750 bits per heavy atom. The van der Waals surface area contributed by atoms with Gasteiger partial charge in [-0.3, -0.25) is 0 Å². The zero-order valence-electron chi connectivity index (χ0n) is 18.1. The number of benzene rings is 2. The lowest BCUT2D eigenvalue weighted by Gasteiger charge is -2.28. The maximum absolute atomic E-state index is 10.5. The summed E-state index contributed by atoms with van der Waals surface area (Å²) in [5.41, 5.74) is 3.66. The average Bonchev–Trinajstić information content (AvgIpc) is 2.51.